The Hall–Kier alpha value is 0.500. The van der Waals surface area contributed by atoms with E-state index in [1.807, 2.05) is 0 Å². The number of halogens is 2. The van der Waals surface area contributed by atoms with Crippen molar-refractivity contribution in [1.29, 1.82) is 0 Å². The molecule has 0 atom stereocenters. The summed E-state index contributed by atoms with van der Waals surface area (Å²) < 4.78 is 0. The minimum absolute atomic E-state index is 0. The first-order chi connectivity index (χ1) is 36.8. The third-order valence-corrected chi connectivity index (χ3v) is 16.8. The lowest BCUT2D eigenvalue weighted by Crippen LogP contribution is -2.16. The molecule has 464 valence electrons. The van der Waals surface area contributed by atoms with E-state index < -0.39 is 0 Å². The highest BCUT2D eigenvalue weighted by molar-refractivity contribution is 5.85. The van der Waals surface area contributed by atoms with Crippen molar-refractivity contribution < 1.29 is 0 Å². The SMILES string of the molecule is CCCCCCCCCCCCCCCCCCNCCCCCCCCCCCCCCCCCC.CCCCCCCCCCCCCCCCCCNCCCCCCCCCCCCCCCCCC.Cl.Cl. The fraction of sp³-hybridized carbons (Fsp3) is 1.00. The van der Waals surface area contributed by atoms with Crippen LogP contribution >= 0.6 is 24.8 Å². The molecule has 0 aliphatic heterocycles. The first kappa shape index (κ1) is 83.0. The molecule has 0 rings (SSSR count). The Labute approximate surface area is 497 Å². The van der Waals surface area contributed by atoms with Gasteiger partial charge in [0.25, 0.3) is 0 Å². The summed E-state index contributed by atoms with van der Waals surface area (Å²) in [6, 6.07) is 0. The number of rotatable bonds is 68. The number of unbranched alkanes of at least 4 members (excludes halogenated alkanes) is 60. The maximum Gasteiger partial charge on any atom is -0.00489 e. The smallest absolute Gasteiger partial charge is 0.00489 e. The molecule has 0 amide bonds. The molecule has 0 spiro atoms. The zero-order chi connectivity index (χ0) is 53.5. The largest absolute Gasteiger partial charge is 0.317 e. The molecule has 2 nitrogen and oxygen atoms in total. The van der Waals surface area contributed by atoms with Crippen molar-refractivity contribution in [3.05, 3.63) is 0 Å². The molecule has 0 bridgehead atoms. The Morgan fingerprint density at radius 2 is 0.197 bits per heavy atom. The molecular formula is C72H152Cl2N2. The van der Waals surface area contributed by atoms with Gasteiger partial charge in [0, 0.05) is 0 Å². The highest BCUT2D eigenvalue weighted by Gasteiger charge is 2.00. The number of hydrogen-bond acceptors (Lipinski definition) is 2. The summed E-state index contributed by atoms with van der Waals surface area (Å²) in [4.78, 5) is 0. The van der Waals surface area contributed by atoms with Gasteiger partial charge in [-0.25, -0.2) is 0 Å². The van der Waals surface area contributed by atoms with Gasteiger partial charge >= 0.3 is 0 Å². The van der Waals surface area contributed by atoms with Gasteiger partial charge in [-0.1, -0.05) is 413 Å². The lowest BCUT2D eigenvalue weighted by atomic mass is 10.0. The van der Waals surface area contributed by atoms with Crippen LogP contribution < -0.4 is 10.6 Å². The van der Waals surface area contributed by atoms with E-state index >= 15 is 0 Å². The van der Waals surface area contributed by atoms with Crippen molar-refractivity contribution in [3.63, 3.8) is 0 Å². The van der Waals surface area contributed by atoms with Crippen molar-refractivity contribution in [3.8, 4) is 0 Å². The van der Waals surface area contributed by atoms with Crippen molar-refractivity contribution >= 4 is 24.8 Å². The van der Waals surface area contributed by atoms with Crippen LogP contribution in [0.2, 0.25) is 0 Å². The molecule has 0 heterocycles. The van der Waals surface area contributed by atoms with E-state index in [-0.39, 0.29) is 24.8 Å². The van der Waals surface area contributed by atoms with Crippen LogP contribution in [0.25, 0.3) is 0 Å². The maximum atomic E-state index is 3.68. The van der Waals surface area contributed by atoms with E-state index in [9.17, 15) is 0 Å². The quantitative estimate of drug-likeness (QED) is 0.0593. The monoisotopic (exact) mass is 1120 g/mol. The van der Waals surface area contributed by atoms with E-state index in [4.69, 9.17) is 0 Å². The van der Waals surface area contributed by atoms with Crippen LogP contribution in [0.5, 0.6) is 0 Å². The van der Waals surface area contributed by atoms with Crippen LogP contribution in [-0.4, -0.2) is 26.2 Å². The zero-order valence-electron chi connectivity index (χ0n) is 53.9. The molecular weight excluding hydrogens is 964 g/mol. The molecule has 0 fully saturated rings. The van der Waals surface area contributed by atoms with Crippen LogP contribution in [0.15, 0.2) is 0 Å². The van der Waals surface area contributed by atoms with Crippen molar-refractivity contribution in [1.82, 2.24) is 10.6 Å². The van der Waals surface area contributed by atoms with Gasteiger partial charge in [-0.05, 0) is 51.9 Å². The first-order valence-corrected chi connectivity index (χ1v) is 36.2. The topological polar surface area (TPSA) is 24.1 Å². The average molecular weight is 1120 g/mol. The van der Waals surface area contributed by atoms with Gasteiger partial charge < -0.3 is 10.6 Å². The summed E-state index contributed by atoms with van der Waals surface area (Å²) in [5.74, 6) is 0. The Balaban J connectivity index is -0.000000665. The molecule has 0 saturated carbocycles. The van der Waals surface area contributed by atoms with Gasteiger partial charge in [-0.15, -0.1) is 24.8 Å². The molecule has 0 saturated heterocycles. The molecule has 0 aromatic rings. The molecule has 0 unspecified atom stereocenters. The molecule has 0 aliphatic rings. The average Bonchev–Trinajstić information content (AvgIpc) is 3.41. The predicted octanol–water partition coefficient (Wildman–Crippen LogP) is 27.0. The lowest BCUT2D eigenvalue weighted by Gasteiger charge is -2.06. The fourth-order valence-electron chi connectivity index (χ4n) is 11.4. The van der Waals surface area contributed by atoms with E-state index in [2.05, 4.69) is 38.3 Å². The standard InChI is InChI=1S/2C36H75N.2ClH/c2*1-3-5-7-9-11-13-15-17-19-21-23-25-27-29-31-33-35-37-36-34-32-30-28-26-24-22-20-18-16-14-12-10-8-6-4-2;;/h2*37H,3-36H2,1-2H3;2*1H. The van der Waals surface area contributed by atoms with Crippen molar-refractivity contribution in [2.45, 2.75) is 439 Å². The second kappa shape index (κ2) is 84.3. The Morgan fingerprint density at radius 3 is 0.289 bits per heavy atom. The number of nitrogens with one attached hydrogen (secondary N) is 2. The van der Waals surface area contributed by atoms with Crippen LogP contribution in [0.3, 0.4) is 0 Å². The van der Waals surface area contributed by atoms with Crippen LogP contribution in [0.1, 0.15) is 439 Å². The third-order valence-electron chi connectivity index (χ3n) is 16.8. The van der Waals surface area contributed by atoms with Gasteiger partial charge in [0.05, 0.1) is 0 Å². The van der Waals surface area contributed by atoms with Crippen molar-refractivity contribution in [2.75, 3.05) is 26.2 Å². The summed E-state index contributed by atoms with van der Waals surface area (Å²) in [5.41, 5.74) is 0. The van der Waals surface area contributed by atoms with Gasteiger partial charge in [0.15, 0.2) is 0 Å². The minimum Gasteiger partial charge on any atom is -0.317 e. The second-order valence-corrected chi connectivity index (χ2v) is 24.7. The lowest BCUT2D eigenvalue weighted by molar-refractivity contribution is 0.515. The summed E-state index contributed by atoms with van der Waals surface area (Å²) in [5, 5.41) is 7.37. The molecule has 0 aliphatic carbocycles. The molecule has 0 aromatic heterocycles. The highest BCUT2D eigenvalue weighted by atomic mass is 35.5. The molecule has 0 aromatic carbocycles. The predicted molar refractivity (Wildman–Crippen MR) is 358 cm³/mol. The van der Waals surface area contributed by atoms with Gasteiger partial charge in [0.1, 0.15) is 0 Å². The van der Waals surface area contributed by atoms with Crippen LogP contribution in [0.4, 0.5) is 0 Å². The van der Waals surface area contributed by atoms with Crippen LogP contribution in [0, 0.1) is 0 Å². The fourth-order valence-corrected chi connectivity index (χ4v) is 11.4. The van der Waals surface area contributed by atoms with Crippen LogP contribution in [-0.2, 0) is 0 Å². The van der Waals surface area contributed by atoms with E-state index in [1.54, 1.807) is 0 Å². The summed E-state index contributed by atoms with van der Waals surface area (Å²) in [6.45, 7) is 14.2. The van der Waals surface area contributed by atoms with Gasteiger partial charge in [-0.2, -0.15) is 0 Å². The van der Waals surface area contributed by atoms with Crippen molar-refractivity contribution in [2.24, 2.45) is 0 Å². The van der Waals surface area contributed by atoms with E-state index in [0.717, 1.165) is 0 Å². The highest BCUT2D eigenvalue weighted by Crippen LogP contribution is 2.18. The normalized spacial score (nSPS) is 11.2. The zero-order valence-corrected chi connectivity index (χ0v) is 55.5. The maximum absolute atomic E-state index is 3.68. The Bertz CT molecular complexity index is 747. The minimum atomic E-state index is 0. The van der Waals surface area contributed by atoms with E-state index in [1.165, 1.54) is 437 Å². The third kappa shape index (κ3) is 85.8. The van der Waals surface area contributed by atoms with Gasteiger partial charge in [-0.3, -0.25) is 0 Å². The summed E-state index contributed by atoms with van der Waals surface area (Å²) >= 11 is 0. The number of hydrogen-bond donors (Lipinski definition) is 2. The first-order valence-electron chi connectivity index (χ1n) is 36.2. The summed E-state index contributed by atoms with van der Waals surface area (Å²) in [7, 11) is 0. The molecule has 2 N–H and O–H groups in total. The molecule has 76 heavy (non-hydrogen) atoms. The Kier molecular flexibility index (Phi) is 92.0. The second-order valence-electron chi connectivity index (χ2n) is 24.7. The molecule has 0 radical (unpaired) electrons. The van der Waals surface area contributed by atoms with Gasteiger partial charge in [0.2, 0.25) is 0 Å². The molecule has 4 heteroatoms. The summed E-state index contributed by atoms with van der Waals surface area (Å²) in [6.07, 6.45) is 93.4. The van der Waals surface area contributed by atoms with E-state index in [0.29, 0.717) is 0 Å². The Morgan fingerprint density at radius 1 is 0.118 bits per heavy atom.